The van der Waals surface area contributed by atoms with E-state index in [1.807, 2.05) is 13.0 Å². The predicted molar refractivity (Wildman–Crippen MR) is 79.7 cm³/mol. The molecule has 1 rings (SSSR count). The number of ether oxygens (including phenoxy) is 1. The predicted octanol–water partition coefficient (Wildman–Crippen LogP) is 2.99. The van der Waals surface area contributed by atoms with Crippen LogP contribution in [-0.4, -0.2) is 23.9 Å². The first kappa shape index (κ1) is 16.0. The smallest absolute Gasteiger partial charge is 0.122 e. The van der Waals surface area contributed by atoms with Crippen molar-refractivity contribution in [3.63, 3.8) is 0 Å². The van der Waals surface area contributed by atoms with Crippen LogP contribution in [0.1, 0.15) is 50.7 Å². The van der Waals surface area contributed by atoms with Gasteiger partial charge in [0.2, 0.25) is 0 Å². The molecular formula is C16H27NO2. The van der Waals surface area contributed by atoms with Gasteiger partial charge in [-0.25, -0.2) is 0 Å². The number of rotatable bonds is 7. The zero-order valence-electron chi connectivity index (χ0n) is 12.5. The van der Waals surface area contributed by atoms with Gasteiger partial charge in [-0.3, -0.25) is 0 Å². The highest BCUT2D eigenvalue weighted by atomic mass is 16.5. The molecule has 0 amide bonds. The summed E-state index contributed by atoms with van der Waals surface area (Å²) in [5.41, 5.74) is 8.10. The summed E-state index contributed by atoms with van der Waals surface area (Å²) in [6.45, 7) is 8.83. The molecule has 0 aliphatic heterocycles. The lowest BCUT2D eigenvalue weighted by atomic mass is 9.91. The molecule has 0 bridgehead atoms. The molecule has 0 aliphatic rings. The van der Waals surface area contributed by atoms with E-state index in [1.165, 1.54) is 5.56 Å². The summed E-state index contributed by atoms with van der Waals surface area (Å²) in [7, 11) is 0. The Hall–Kier alpha value is -1.06. The second kappa shape index (κ2) is 7.51. The maximum absolute atomic E-state index is 9.93. The molecule has 1 aromatic carbocycles. The fourth-order valence-corrected chi connectivity index (χ4v) is 2.10. The molecule has 3 nitrogen and oxygen atoms in total. The molecule has 0 saturated carbocycles. The Morgan fingerprint density at radius 1 is 1.32 bits per heavy atom. The summed E-state index contributed by atoms with van der Waals surface area (Å²) in [5.74, 6) is 1.16. The van der Waals surface area contributed by atoms with E-state index in [4.69, 9.17) is 10.5 Å². The van der Waals surface area contributed by atoms with Gasteiger partial charge in [-0.1, -0.05) is 31.5 Å². The summed E-state index contributed by atoms with van der Waals surface area (Å²) in [5, 5.41) is 9.93. The highest BCUT2D eigenvalue weighted by Gasteiger charge is 2.18. The van der Waals surface area contributed by atoms with Gasteiger partial charge in [0.1, 0.15) is 5.75 Å². The van der Waals surface area contributed by atoms with Gasteiger partial charge in [-0.15, -0.1) is 0 Å². The molecule has 0 spiro atoms. The lowest BCUT2D eigenvalue weighted by molar-refractivity contribution is 0.134. The van der Waals surface area contributed by atoms with Crippen LogP contribution in [0, 0.1) is 6.92 Å². The van der Waals surface area contributed by atoms with E-state index in [0.717, 1.165) is 24.3 Å². The van der Waals surface area contributed by atoms with E-state index < -0.39 is 6.10 Å². The Balaban J connectivity index is 2.86. The highest BCUT2D eigenvalue weighted by Crippen LogP contribution is 2.31. The van der Waals surface area contributed by atoms with Crippen molar-refractivity contribution in [1.82, 2.24) is 0 Å². The average molecular weight is 265 g/mol. The van der Waals surface area contributed by atoms with Crippen molar-refractivity contribution in [1.29, 1.82) is 0 Å². The van der Waals surface area contributed by atoms with Crippen molar-refractivity contribution >= 4 is 0 Å². The number of aliphatic hydroxyl groups is 1. The maximum Gasteiger partial charge on any atom is 0.122 e. The van der Waals surface area contributed by atoms with E-state index in [1.54, 1.807) is 0 Å². The van der Waals surface area contributed by atoms with Crippen molar-refractivity contribution in [2.75, 3.05) is 6.61 Å². The summed E-state index contributed by atoms with van der Waals surface area (Å²) in [4.78, 5) is 0. The average Bonchev–Trinajstić information content (AvgIpc) is 2.36. The third-order valence-corrected chi connectivity index (χ3v) is 3.36. The van der Waals surface area contributed by atoms with Gasteiger partial charge in [0.15, 0.2) is 0 Å². The molecular weight excluding hydrogens is 238 g/mol. The Kier molecular flexibility index (Phi) is 6.32. The zero-order chi connectivity index (χ0) is 14.4. The van der Waals surface area contributed by atoms with Gasteiger partial charge in [0.05, 0.1) is 12.7 Å². The molecule has 0 radical (unpaired) electrons. The number of aliphatic hydroxyl groups excluding tert-OH is 1. The van der Waals surface area contributed by atoms with Gasteiger partial charge in [0.25, 0.3) is 0 Å². The van der Waals surface area contributed by atoms with Crippen molar-refractivity contribution in [2.24, 2.45) is 5.73 Å². The van der Waals surface area contributed by atoms with Crippen LogP contribution in [0.15, 0.2) is 18.2 Å². The number of aryl methyl sites for hydroxylation is 1. The van der Waals surface area contributed by atoms with Gasteiger partial charge in [-0.05, 0) is 44.2 Å². The van der Waals surface area contributed by atoms with Gasteiger partial charge < -0.3 is 15.6 Å². The normalized spacial score (nSPS) is 15.9. The molecule has 1 aromatic rings. The Labute approximate surface area is 116 Å². The van der Waals surface area contributed by atoms with E-state index in [-0.39, 0.29) is 12.0 Å². The Morgan fingerprint density at radius 2 is 2.00 bits per heavy atom. The minimum Gasteiger partial charge on any atom is -0.493 e. The number of hydrogen-bond acceptors (Lipinski definition) is 3. The molecule has 0 fully saturated rings. The molecule has 3 unspecified atom stereocenters. The lowest BCUT2D eigenvalue weighted by Gasteiger charge is -2.22. The fourth-order valence-electron chi connectivity index (χ4n) is 2.10. The van der Waals surface area contributed by atoms with Gasteiger partial charge in [-0.2, -0.15) is 0 Å². The van der Waals surface area contributed by atoms with E-state index in [9.17, 15) is 5.11 Å². The van der Waals surface area contributed by atoms with Crippen molar-refractivity contribution in [3.05, 3.63) is 29.3 Å². The molecule has 108 valence electrons. The molecule has 3 heteroatoms. The first-order valence-corrected chi connectivity index (χ1v) is 7.12. The van der Waals surface area contributed by atoms with Crippen LogP contribution in [0.4, 0.5) is 0 Å². The molecule has 19 heavy (non-hydrogen) atoms. The first-order chi connectivity index (χ1) is 8.95. The van der Waals surface area contributed by atoms with Crippen LogP contribution in [0.2, 0.25) is 0 Å². The monoisotopic (exact) mass is 265 g/mol. The number of hydrogen-bond donors (Lipinski definition) is 2. The number of nitrogens with two attached hydrogens (primary N) is 1. The molecule has 0 saturated heterocycles. The minimum atomic E-state index is -0.477. The Morgan fingerprint density at radius 3 is 2.58 bits per heavy atom. The van der Waals surface area contributed by atoms with Crippen molar-refractivity contribution in [3.8, 4) is 5.75 Å². The largest absolute Gasteiger partial charge is 0.493 e. The molecule has 0 heterocycles. The second-order valence-corrected chi connectivity index (χ2v) is 5.45. The molecule has 3 N–H and O–H groups in total. The Bertz CT molecular complexity index is 390. The van der Waals surface area contributed by atoms with Crippen molar-refractivity contribution < 1.29 is 9.84 Å². The summed E-state index contributed by atoms with van der Waals surface area (Å²) in [6, 6.07) is 6.02. The van der Waals surface area contributed by atoms with E-state index in [0.29, 0.717) is 6.42 Å². The zero-order valence-corrected chi connectivity index (χ0v) is 12.5. The third-order valence-electron chi connectivity index (χ3n) is 3.36. The summed E-state index contributed by atoms with van der Waals surface area (Å²) in [6.07, 6.45) is 1.17. The van der Waals surface area contributed by atoms with Crippen molar-refractivity contribution in [2.45, 2.75) is 58.6 Å². The van der Waals surface area contributed by atoms with Gasteiger partial charge >= 0.3 is 0 Å². The van der Waals surface area contributed by atoms with Gasteiger partial charge in [0, 0.05) is 6.04 Å². The van der Waals surface area contributed by atoms with Crippen LogP contribution in [0.25, 0.3) is 0 Å². The highest BCUT2D eigenvalue weighted by molar-refractivity contribution is 5.39. The molecule has 3 atom stereocenters. The summed E-state index contributed by atoms with van der Waals surface area (Å²) >= 11 is 0. The van der Waals surface area contributed by atoms with Crippen LogP contribution in [0.3, 0.4) is 0 Å². The van der Waals surface area contributed by atoms with E-state index in [2.05, 4.69) is 32.9 Å². The minimum absolute atomic E-state index is 0.202. The first-order valence-electron chi connectivity index (χ1n) is 7.12. The fraction of sp³-hybridized carbons (Fsp3) is 0.625. The van der Waals surface area contributed by atoms with Crippen LogP contribution >= 0.6 is 0 Å². The molecule has 0 aromatic heterocycles. The third kappa shape index (κ3) is 4.84. The SMILES string of the molecule is CCCOc1ccc(C)cc1C(C)CC(O)C(C)N. The summed E-state index contributed by atoms with van der Waals surface area (Å²) < 4.78 is 5.79. The standard InChI is InChI=1S/C16H27NO2/c1-5-8-19-16-7-6-11(2)9-14(16)12(3)10-15(18)13(4)17/h6-7,9,12-13,15,18H,5,8,10,17H2,1-4H3. The topological polar surface area (TPSA) is 55.5 Å². The number of benzene rings is 1. The maximum atomic E-state index is 9.93. The van der Waals surface area contributed by atoms with Crippen LogP contribution < -0.4 is 10.5 Å². The second-order valence-electron chi connectivity index (χ2n) is 5.45. The van der Waals surface area contributed by atoms with Crippen LogP contribution in [-0.2, 0) is 0 Å². The lowest BCUT2D eigenvalue weighted by Crippen LogP contribution is -2.32. The quantitative estimate of drug-likeness (QED) is 0.797. The van der Waals surface area contributed by atoms with E-state index >= 15 is 0 Å². The molecule has 0 aliphatic carbocycles. The van der Waals surface area contributed by atoms with Crippen LogP contribution in [0.5, 0.6) is 5.75 Å².